The molecule has 0 bridgehead atoms. The standard InChI is InChI=1S/C18H18O3/c1-13-4-2-5-16(12-13)14-7-9-15(10-8-14)17(18(20)21)6-3-11-19/h2,4-5,7-12,17H,3,6H2,1H3,(H,20,21). The molecule has 108 valence electrons. The lowest BCUT2D eigenvalue weighted by Crippen LogP contribution is -2.11. The fourth-order valence-corrected chi connectivity index (χ4v) is 2.40. The van der Waals surface area contributed by atoms with Crippen molar-refractivity contribution in [3.8, 4) is 11.1 Å². The number of carboxylic acid groups (broad SMARTS) is 1. The Kier molecular flexibility index (Phi) is 4.88. The average Bonchev–Trinajstić information content (AvgIpc) is 2.48. The molecule has 21 heavy (non-hydrogen) atoms. The zero-order valence-electron chi connectivity index (χ0n) is 12.0. The van der Waals surface area contributed by atoms with E-state index in [4.69, 9.17) is 0 Å². The van der Waals surface area contributed by atoms with Gasteiger partial charge in [0.1, 0.15) is 6.29 Å². The predicted molar refractivity (Wildman–Crippen MR) is 82.3 cm³/mol. The molecule has 0 heterocycles. The van der Waals surface area contributed by atoms with E-state index < -0.39 is 11.9 Å². The molecule has 2 aromatic rings. The van der Waals surface area contributed by atoms with Gasteiger partial charge < -0.3 is 9.90 Å². The summed E-state index contributed by atoms with van der Waals surface area (Å²) in [6.07, 6.45) is 1.36. The molecule has 1 N–H and O–H groups in total. The minimum atomic E-state index is -0.889. The summed E-state index contributed by atoms with van der Waals surface area (Å²) in [4.78, 5) is 21.7. The van der Waals surface area contributed by atoms with Crippen molar-refractivity contribution in [2.24, 2.45) is 0 Å². The number of aryl methyl sites for hydroxylation is 1. The second-order valence-electron chi connectivity index (χ2n) is 5.13. The van der Waals surface area contributed by atoms with Crippen molar-refractivity contribution in [2.75, 3.05) is 0 Å². The fraction of sp³-hybridized carbons (Fsp3) is 0.222. The third-order valence-electron chi connectivity index (χ3n) is 3.54. The fourth-order valence-electron chi connectivity index (χ4n) is 2.40. The van der Waals surface area contributed by atoms with Crippen LogP contribution in [0.15, 0.2) is 48.5 Å². The zero-order chi connectivity index (χ0) is 15.2. The van der Waals surface area contributed by atoms with Crippen LogP contribution in [0.3, 0.4) is 0 Å². The first-order chi connectivity index (χ1) is 10.1. The van der Waals surface area contributed by atoms with Gasteiger partial charge in [0, 0.05) is 6.42 Å². The molecule has 1 unspecified atom stereocenters. The normalized spacial score (nSPS) is 11.9. The number of hydrogen-bond donors (Lipinski definition) is 1. The topological polar surface area (TPSA) is 54.4 Å². The number of benzene rings is 2. The van der Waals surface area contributed by atoms with E-state index in [1.54, 1.807) is 0 Å². The SMILES string of the molecule is Cc1cccc(-c2ccc(C(CCC=O)C(=O)O)cc2)c1. The van der Waals surface area contributed by atoms with Gasteiger partial charge in [-0.3, -0.25) is 4.79 Å². The Balaban J connectivity index is 2.24. The maximum Gasteiger partial charge on any atom is 0.310 e. The number of aliphatic carboxylic acids is 1. The average molecular weight is 282 g/mol. The summed E-state index contributed by atoms with van der Waals surface area (Å²) < 4.78 is 0. The molecule has 0 fully saturated rings. The van der Waals surface area contributed by atoms with Gasteiger partial charge in [0.25, 0.3) is 0 Å². The van der Waals surface area contributed by atoms with E-state index in [2.05, 4.69) is 6.07 Å². The van der Waals surface area contributed by atoms with Crippen LogP contribution in [0, 0.1) is 6.92 Å². The van der Waals surface area contributed by atoms with Crippen molar-refractivity contribution in [3.05, 3.63) is 59.7 Å². The summed E-state index contributed by atoms with van der Waals surface area (Å²) in [6, 6.07) is 15.7. The van der Waals surface area contributed by atoms with Crippen LogP contribution in [0.1, 0.15) is 29.9 Å². The highest BCUT2D eigenvalue weighted by Gasteiger charge is 2.19. The van der Waals surface area contributed by atoms with Crippen LogP contribution in [0.4, 0.5) is 0 Å². The first-order valence-electron chi connectivity index (χ1n) is 6.95. The highest BCUT2D eigenvalue weighted by Crippen LogP contribution is 2.26. The predicted octanol–water partition coefficient (Wildman–Crippen LogP) is 3.81. The van der Waals surface area contributed by atoms with Crippen LogP contribution >= 0.6 is 0 Å². The van der Waals surface area contributed by atoms with Gasteiger partial charge in [0.05, 0.1) is 5.92 Å². The summed E-state index contributed by atoms with van der Waals surface area (Å²) in [7, 11) is 0. The second kappa shape index (κ2) is 6.84. The minimum absolute atomic E-state index is 0.261. The summed E-state index contributed by atoms with van der Waals surface area (Å²) in [5, 5.41) is 9.26. The molecular formula is C18H18O3. The summed E-state index contributed by atoms with van der Waals surface area (Å²) in [6.45, 7) is 2.04. The number of carbonyl (C=O) groups is 2. The number of carbonyl (C=O) groups excluding carboxylic acids is 1. The molecule has 0 aliphatic rings. The Hall–Kier alpha value is -2.42. The lowest BCUT2D eigenvalue weighted by Gasteiger charge is -2.12. The van der Waals surface area contributed by atoms with Crippen LogP contribution in [0.2, 0.25) is 0 Å². The molecule has 2 aromatic carbocycles. The molecule has 0 saturated carbocycles. The van der Waals surface area contributed by atoms with E-state index in [0.29, 0.717) is 6.42 Å². The van der Waals surface area contributed by atoms with Gasteiger partial charge in [-0.2, -0.15) is 0 Å². The second-order valence-corrected chi connectivity index (χ2v) is 5.13. The highest BCUT2D eigenvalue weighted by atomic mass is 16.4. The van der Waals surface area contributed by atoms with E-state index in [0.717, 1.165) is 23.0 Å². The number of rotatable bonds is 6. The van der Waals surface area contributed by atoms with Crippen LogP contribution < -0.4 is 0 Å². The first-order valence-corrected chi connectivity index (χ1v) is 6.95. The van der Waals surface area contributed by atoms with Crippen LogP contribution in [-0.2, 0) is 9.59 Å². The molecule has 3 nitrogen and oxygen atoms in total. The molecule has 0 aliphatic heterocycles. The largest absolute Gasteiger partial charge is 0.481 e. The van der Waals surface area contributed by atoms with Gasteiger partial charge >= 0.3 is 5.97 Å². The van der Waals surface area contributed by atoms with E-state index in [1.165, 1.54) is 5.56 Å². The van der Waals surface area contributed by atoms with Crippen molar-refractivity contribution in [1.82, 2.24) is 0 Å². The number of carboxylic acids is 1. The molecule has 0 aliphatic carbocycles. The van der Waals surface area contributed by atoms with E-state index in [1.807, 2.05) is 49.4 Å². The van der Waals surface area contributed by atoms with E-state index in [9.17, 15) is 14.7 Å². The number of hydrogen-bond acceptors (Lipinski definition) is 2. The molecule has 0 amide bonds. The maximum atomic E-state index is 11.3. The zero-order valence-corrected chi connectivity index (χ0v) is 12.0. The summed E-state index contributed by atoms with van der Waals surface area (Å²) in [5.74, 6) is -1.51. The van der Waals surface area contributed by atoms with E-state index >= 15 is 0 Å². The van der Waals surface area contributed by atoms with E-state index in [-0.39, 0.29) is 6.42 Å². The molecule has 2 rings (SSSR count). The van der Waals surface area contributed by atoms with Crippen molar-refractivity contribution < 1.29 is 14.7 Å². The van der Waals surface area contributed by atoms with Crippen LogP contribution in [0.5, 0.6) is 0 Å². The minimum Gasteiger partial charge on any atom is -0.481 e. The Morgan fingerprint density at radius 1 is 1.14 bits per heavy atom. The monoisotopic (exact) mass is 282 g/mol. The van der Waals surface area contributed by atoms with Crippen molar-refractivity contribution in [1.29, 1.82) is 0 Å². The summed E-state index contributed by atoms with van der Waals surface area (Å²) in [5.41, 5.74) is 4.09. The van der Waals surface area contributed by atoms with Crippen LogP contribution in [0.25, 0.3) is 11.1 Å². The van der Waals surface area contributed by atoms with Crippen molar-refractivity contribution >= 4 is 12.3 Å². The number of aldehydes is 1. The molecule has 3 heteroatoms. The van der Waals surface area contributed by atoms with Gasteiger partial charge in [-0.1, -0.05) is 54.1 Å². The van der Waals surface area contributed by atoms with Crippen molar-refractivity contribution in [2.45, 2.75) is 25.7 Å². The maximum absolute atomic E-state index is 11.3. The third-order valence-corrected chi connectivity index (χ3v) is 3.54. The first kappa shape index (κ1) is 15.0. The quantitative estimate of drug-likeness (QED) is 0.820. The summed E-state index contributed by atoms with van der Waals surface area (Å²) >= 11 is 0. The Bertz CT molecular complexity index is 629. The molecule has 0 spiro atoms. The Morgan fingerprint density at radius 3 is 2.43 bits per heavy atom. The molecule has 0 aromatic heterocycles. The lowest BCUT2D eigenvalue weighted by atomic mass is 9.92. The molecule has 0 radical (unpaired) electrons. The third kappa shape index (κ3) is 3.78. The Labute approximate surface area is 124 Å². The van der Waals surface area contributed by atoms with Gasteiger partial charge in [-0.05, 0) is 30.0 Å². The van der Waals surface area contributed by atoms with Gasteiger partial charge in [0.15, 0.2) is 0 Å². The highest BCUT2D eigenvalue weighted by molar-refractivity contribution is 5.77. The van der Waals surface area contributed by atoms with Gasteiger partial charge in [-0.25, -0.2) is 0 Å². The van der Waals surface area contributed by atoms with Gasteiger partial charge in [0.2, 0.25) is 0 Å². The van der Waals surface area contributed by atoms with Crippen LogP contribution in [-0.4, -0.2) is 17.4 Å². The lowest BCUT2D eigenvalue weighted by molar-refractivity contribution is -0.139. The van der Waals surface area contributed by atoms with Gasteiger partial charge in [-0.15, -0.1) is 0 Å². The molecule has 0 saturated heterocycles. The molecular weight excluding hydrogens is 264 g/mol. The smallest absolute Gasteiger partial charge is 0.310 e. The molecule has 1 atom stereocenters. The Morgan fingerprint density at radius 2 is 1.86 bits per heavy atom. The van der Waals surface area contributed by atoms with Crippen molar-refractivity contribution in [3.63, 3.8) is 0 Å².